The van der Waals surface area contributed by atoms with Crippen LogP contribution in [-0.4, -0.2) is 20.5 Å². The standard InChI is InChI=1S/C23H26Cl2N4/c24-19-11-10-18(16-20(19)25)22-21(17-8-3-1-4-9-17)27-29(28-22)15-7-14-23(26)12-5-2-6-13-23/h1,3-4,8-11,16H,2,5-7,12-15,26H2. The molecule has 0 unspecified atom stereocenters. The lowest BCUT2D eigenvalue weighted by Crippen LogP contribution is -2.41. The van der Waals surface area contributed by atoms with Crippen LogP contribution in [-0.2, 0) is 6.54 Å². The molecule has 0 saturated heterocycles. The second-order valence-corrected chi connectivity index (χ2v) is 8.83. The Balaban J connectivity index is 1.58. The van der Waals surface area contributed by atoms with Gasteiger partial charge in [-0.05, 0) is 37.8 Å². The molecule has 1 saturated carbocycles. The summed E-state index contributed by atoms with van der Waals surface area (Å²) in [7, 11) is 0. The van der Waals surface area contributed by atoms with Gasteiger partial charge in [0.05, 0.1) is 16.6 Å². The Morgan fingerprint density at radius 1 is 0.862 bits per heavy atom. The smallest absolute Gasteiger partial charge is 0.121 e. The maximum absolute atomic E-state index is 6.59. The van der Waals surface area contributed by atoms with Crippen LogP contribution in [0.25, 0.3) is 22.5 Å². The first-order chi connectivity index (χ1) is 14.0. The van der Waals surface area contributed by atoms with E-state index in [2.05, 4.69) is 0 Å². The van der Waals surface area contributed by atoms with Crippen molar-refractivity contribution in [1.82, 2.24) is 15.0 Å². The molecule has 0 aliphatic heterocycles. The number of hydrogen-bond donors (Lipinski definition) is 1. The molecule has 2 N–H and O–H groups in total. The lowest BCUT2D eigenvalue weighted by atomic mass is 9.79. The monoisotopic (exact) mass is 428 g/mol. The highest BCUT2D eigenvalue weighted by atomic mass is 35.5. The van der Waals surface area contributed by atoms with Gasteiger partial charge in [-0.1, -0.05) is 78.9 Å². The Labute approximate surface area is 182 Å². The van der Waals surface area contributed by atoms with Crippen LogP contribution in [0.3, 0.4) is 0 Å². The number of benzene rings is 2. The van der Waals surface area contributed by atoms with E-state index in [1.807, 2.05) is 42.5 Å². The van der Waals surface area contributed by atoms with Gasteiger partial charge >= 0.3 is 0 Å². The average Bonchev–Trinajstić information content (AvgIpc) is 3.15. The number of aromatic nitrogens is 3. The van der Waals surface area contributed by atoms with Crippen molar-refractivity contribution in [2.45, 2.75) is 57.0 Å². The Kier molecular flexibility index (Phi) is 6.23. The fourth-order valence-corrected chi connectivity index (χ4v) is 4.45. The largest absolute Gasteiger partial charge is 0.325 e. The van der Waals surface area contributed by atoms with Crippen LogP contribution >= 0.6 is 23.2 Å². The average molecular weight is 429 g/mol. The highest BCUT2D eigenvalue weighted by Gasteiger charge is 2.26. The number of rotatable bonds is 6. The van der Waals surface area contributed by atoms with Gasteiger partial charge in [0.2, 0.25) is 0 Å². The van der Waals surface area contributed by atoms with E-state index in [-0.39, 0.29) is 5.54 Å². The minimum atomic E-state index is -0.0137. The minimum Gasteiger partial charge on any atom is -0.325 e. The second kappa shape index (κ2) is 8.86. The molecule has 29 heavy (non-hydrogen) atoms. The molecule has 1 heterocycles. The van der Waals surface area contributed by atoms with Gasteiger partial charge in [0.25, 0.3) is 0 Å². The van der Waals surface area contributed by atoms with Crippen molar-refractivity contribution in [2.75, 3.05) is 0 Å². The van der Waals surface area contributed by atoms with E-state index < -0.39 is 0 Å². The zero-order valence-electron chi connectivity index (χ0n) is 16.5. The molecule has 0 atom stereocenters. The van der Waals surface area contributed by atoms with Gasteiger partial charge in [-0.15, -0.1) is 0 Å². The van der Waals surface area contributed by atoms with E-state index in [4.69, 9.17) is 39.1 Å². The molecule has 0 amide bonds. The summed E-state index contributed by atoms with van der Waals surface area (Å²) in [5.74, 6) is 0. The molecule has 3 aromatic rings. The topological polar surface area (TPSA) is 56.7 Å². The molecular weight excluding hydrogens is 403 g/mol. The first-order valence-corrected chi connectivity index (χ1v) is 11.0. The summed E-state index contributed by atoms with van der Waals surface area (Å²) in [6, 6.07) is 15.7. The van der Waals surface area contributed by atoms with Gasteiger partial charge in [-0.2, -0.15) is 15.0 Å². The molecule has 152 valence electrons. The van der Waals surface area contributed by atoms with Crippen molar-refractivity contribution in [3.05, 3.63) is 58.6 Å². The van der Waals surface area contributed by atoms with Crippen LogP contribution in [0.15, 0.2) is 48.5 Å². The molecule has 6 heteroatoms. The predicted molar refractivity (Wildman–Crippen MR) is 120 cm³/mol. The van der Waals surface area contributed by atoms with Gasteiger partial charge in [-0.25, -0.2) is 0 Å². The van der Waals surface area contributed by atoms with Gasteiger partial charge in [0, 0.05) is 16.7 Å². The molecule has 1 aliphatic carbocycles. The van der Waals surface area contributed by atoms with Crippen LogP contribution in [0.2, 0.25) is 10.0 Å². The highest BCUT2D eigenvalue weighted by Crippen LogP contribution is 2.33. The second-order valence-electron chi connectivity index (χ2n) is 8.01. The van der Waals surface area contributed by atoms with Crippen LogP contribution in [0, 0.1) is 0 Å². The molecule has 0 spiro atoms. The van der Waals surface area contributed by atoms with Crippen molar-refractivity contribution in [2.24, 2.45) is 5.73 Å². The Hall–Kier alpha value is -1.88. The Bertz CT molecular complexity index is 962. The molecule has 1 fully saturated rings. The fourth-order valence-electron chi connectivity index (χ4n) is 4.15. The summed E-state index contributed by atoms with van der Waals surface area (Å²) in [5, 5.41) is 10.6. The molecule has 1 aliphatic rings. The lowest BCUT2D eigenvalue weighted by molar-refractivity contribution is 0.264. The minimum absolute atomic E-state index is 0.0137. The molecule has 0 radical (unpaired) electrons. The Morgan fingerprint density at radius 3 is 2.24 bits per heavy atom. The molecule has 4 rings (SSSR count). The highest BCUT2D eigenvalue weighted by molar-refractivity contribution is 6.42. The number of nitrogens with zero attached hydrogens (tertiary/aromatic N) is 3. The third kappa shape index (κ3) is 4.82. The van der Waals surface area contributed by atoms with E-state index >= 15 is 0 Å². The predicted octanol–water partition coefficient (Wildman–Crippen LogP) is 6.36. The van der Waals surface area contributed by atoms with E-state index in [1.165, 1.54) is 19.3 Å². The molecule has 4 nitrogen and oxygen atoms in total. The van der Waals surface area contributed by atoms with Gasteiger partial charge in [0.15, 0.2) is 0 Å². The number of nitrogens with two attached hydrogens (primary N) is 1. The summed E-state index contributed by atoms with van der Waals surface area (Å²) in [4.78, 5) is 1.80. The van der Waals surface area contributed by atoms with E-state index in [0.29, 0.717) is 10.0 Å². The third-order valence-electron chi connectivity index (χ3n) is 5.78. The van der Waals surface area contributed by atoms with E-state index in [9.17, 15) is 0 Å². The molecule has 2 aromatic carbocycles. The maximum Gasteiger partial charge on any atom is 0.121 e. The van der Waals surface area contributed by atoms with Crippen LogP contribution in [0.4, 0.5) is 0 Å². The summed E-state index contributed by atoms with van der Waals surface area (Å²) in [5.41, 5.74) is 10.2. The molecule has 1 aromatic heterocycles. The first kappa shape index (κ1) is 20.4. The number of aryl methyl sites for hydroxylation is 1. The van der Waals surface area contributed by atoms with Crippen molar-refractivity contribution in [3.63, 3.8) is 0 Å². The quantitative estimate of drug-likeness (QED) is 0.496. The van der Waals surface area contributed by atoms with Crippen LogP contribution < -0.4 is 5.73 Å². The number of hydrogen-bond acceptors (Lipinski definition) is 3. The van der Waals surface area contributed by atoms with Crippen molar-refractivity contribution in [3.8, 4) is 22.5 Å². The van der Waals surface area contributed by atoms with Gasteiger partial charge < -0.3 is 5.73 Å². The lowest BCUT2D eigenvalue weighted by Gasteiger charge is -2.33. The number of halogens is 2. The van der Waals surface area contributed by atoms with E-state index in [1.54, 1.807) is 10.9 Å². The SMILES string of the molecule is NC1(CCCn2nc(-c3ccccc3)c(-c3ccc(Cl)c(Cl)c3)n2)CCCCC1. The zero-order chi connectivity index (χ0) is 20.3. The van der Waals surface area contributed by atoms with Crippen LogP contribution in [0.1, 0.15) is 44.9 Å². The van der Waals surface area contributed by atoms with Crippen molar-refractivity contribution >= 4 is 23.2 Å². The summed E-state index contributed by atoms with van der Waals surface area (Å²) < 4.78 is 0. The van der Waals surface area contributed by atoms with Crippen LogP contribution in [0.5, 0.6) is 0 Å². The summed E-state index contributed by atoms with van der Waals surface area (Å²) in [6.45, 7) is 0.750. The third-order valence-corrected chi connectivity index (χ3v) is 6.52. The molecule has 0 bridgehead atoms. The van der Waals surface area contributed by atoms with Gasteiger partial charge in [0.1, 0.15) is 11.4 Å². The fraction of sp³-hybridized carbons (Fsp3) is 0.391. The summed E-state index contributed by atoms with van der Waals surface area (Å²) in [6.07, 6.45) is 8.05. The van der Waals surface area contributed by atoms with Crippen molar-refractivity contribution in [1.29, 1.82) is 0 Å². The van der Waals surface area contributed by atoms with E-state index in [0.717, 1.165) is 54.7 Å². The van der Waals surface area contributed by atoms with Crippen molar-refractivity contribution < 1.29 is 0 Å². The normalized spacial score (nSPS) is 16.1. The van der Waals surface area contributed by atoms with Gasteiger partial charge in [-0.3, -0.25) is 0 Å². The first-order valence-electron chi connectivity index (χ1n) is 10.3. The maximum atomic E-state index is 6.59. The Morgan fingerprint density at radius 2 is 1.55 bits per heavy atom. The zero-order valence-corrected chi connectivity index (χ0v) is 18.0. The summed E-state index contributed by atoms with van der Waals surface area (Å²) >= 11 is 12.4. The molecular formula is C23H26Cl2N4.